The Labute approximate surface area is 117 Å². The first-order chi connectivity index (χ1) is 9.72. The third-order valence-corrected chi connectivity index (χ3v) is 3.56. The molecule has 1 atom stereocenters. The van der Waals surface area contributed by atoms with E-state index in [0.717, 1.165) is 41.8 Å². The van der Waals surface area contributed by atoms with Crippen LogP contribution in [0.2, 0.25) is 0 Å². The Morgan fingerprint density at radius 1 is 1.15 bits per heavy atom. The summed E-state index contributed by atoms with van der Waals surface area (Å²) in [5.74, 6) is 3.32. The first kappa shape index (κ1) is 12.9. The summed E-state index contributed by atoms with van der Waals surface area (Å²) in [4.78, 5) is 0. The lowest BCUT2D eigenvalue weighted by Crippen LogP contribution is -2.32. The number of rotatable bonds is 3. The molecule has 0 saturated carbocycles. The van der Waals surface area contributed by atoms with Crippen LogP contribution >= 0.6 is 0 Å². The van der Waals surface area contributed by atoms with E-state index in [-0.39, 0.29) is 6.04 Å². The van der Waals surface area contributed by atoms with E-state index < -0.39 is 0 Å². The molecule has 0 bridgehead atoms. The zero-order chi connectivity index (χ0) is 14.1. The maximum Gasteiger partial charge on any atom is 0.164 e. The molecule has 1 N–H and O–H groups in total. The molecule has 1 aliphatic heterocycles. The number of benzene rings is 1. The molecular formula is C14H18N4O2. The second-order valence-electron chi connectivity index (χ2n) is 4.81. The fourth-order valence-electron chi connectivity index (χ4n) is 2.49. The molecule has 1 aliphatic rings. The summed E-state index contributed by atoms with van der Waals surface area (Å²) in [7, 11) is 3.29. The number of aromatic nitrogens is 3. The van der Waals surface area contributed by atoms with Gasteiger partial charge >= 0.3 is 0 Å². The molecule has 20 heavy (non-hydrogen) atoms. The van der Waals surface area contributed by atoms with E-state index in [1.165, 1.54) is 0 Å². The number of nitrogens with one attached hydrogen (secondary N) is 1. The number of ether oxygens (including phenoxy) is 2. The molecule has 1 unspecified atom stereocenters. The van der Waals surface area contributed by atoms with Gasteiger partial charge in [-0.3, -0.25) is 0 Å². The monoisotopic (exact) mass is 274 g/mol. The van der Waals surface area contributed by atoms with Crippen molar-refractivity contribution in [2.75, 3.05) is 20.8 Å². The maximum absolute atomic E-state index is 5.31. The van der Waals surface area contributed by atoms with Crippen LogP contribution in [0.4, 0.5) is 0 Å². The van der Waals surface area contributed by atoms with Gasteiger partial charge in [-0.05, 0) is 19.1 Å². The van der Waals surface area contributed by atoms with E-state index in [0.29, 0.717) is 0 Å². The van der Waals surface area contributed by atoms with Crippen molar-refractivity contribution in [2.24, 2.45) is 0 Å². The molecule has 2 aromatic rings. The van der Waals surface area contributed by atoms with Crippen LogP contribution in [0.15, 0.2) is 18.2 Å². The topological polar surface area (TPSA) is 61.2 Å². The predicted octanol–water partition coefficient (Wildman–Crippen LogP) is 1.63. The molecule has 6 heteroatoms. The summed E-state index contributed by atoms with van der Waals surface area (Å²) in [6, 6.07) is 5.97. The van der Waals surface area contributed by atoms with Crippen molar-refractivity contribution in [2.45, 2.75) is 19.5 Å². The summed E-state index contributed by atoms with van der Waals surface area (Å²) in [6.45, 7) is 3.87. The Morgan fingerprint density at radius 3 is 2.50 bits per heavy atom. The average molecular weight is 274 g/mol. The molecule has 0 amide bonds. The van der Waals surface area contributed by atoms with Crippen LogP contribution < -0.4 is 14.8 Å². The number of methoxy groups -OCH3 is 2. The molecule has 6 nitrogen and oxygen atoms in total. The summed E-state index contributed by atoms with van der Waals surface area (Å²) in [5.41, 5.74) is 0.953. The first-order valence-electron chi connectivity index (χ1n) is 6.63. The van der Waals surface area contributed by atoms with E-state index in [9.17, 15) is 0 Å². The standard InChI is InChI=1S/C14H18N4O2/c1-9-13-16-17-14(18(13)5-4-15-9)10-6-11(19-2)8-12(7-10)20-3/h6-9,15H,4-5H2,1-3H3. The maximum atomic E-state index is 5.31. The van der Waals surface area contributed by atoms with Gasteiger partial charge in [-0.1, -0.05) is 0 Å². The van der Waals surface area contributed by atoms with Crippen LogP contribution in [0, 0.1) is 0 Å². The molecule has 1 aromatic heterocycles. The fourth-order valence-corrected chi connectivity index (χ4v) is 2.49. The second-order valence-corrected chi connectivity index (χ2v) is 4.81. The van der Waals surface area contributed by atoms with Crippen molar-refractivity contribution < 1.29 is 9.47 Å². The third kappa shape index (κ3) is 2.12. The highest BCUT2D eigenvalue weighted by Gasteiger charge is 2.22. The van der Waals surface area contributed by atoms with Gasteiger partial charge in [0.2, 0.25) is 0 Å². The molecule has 1 aromatic carbocycles. The Hall–Kier alpha value is -2.08. The van der Waals surface area contributed by atoms with Crippen LogP contribution in [-0.4, -0.2) is 35.5 Å². The van der Waals surface area contributed by atoms with Crippen LogP contribution in [0.5, 0.6) is 11.5 Å². The second kappa shape index (κ2) is 5.13. The van der Waals surface area contributed by atoms with E-state index >= 15 is 0 Å². The third-order valence-electron chi connectivity index (χ3n) is 3.56. The van der Waals surface area contributed by atoms with Gasteiger partial charge in [0.15, 0.2) is 5.82 Å². The number of hydrogen-bond donors (Lipinski definition) is 1. The number of hydrogen-bond acceptors (Lipinski definition) is 5. The summed E-state index contributed by atoms with van der Waals surface area (Å²) < 4.78 is 12.8. The fraction of sp³-hybridized carbons (Fsp3) is 0.429. The lowest BCUT2D eigenvalue weighted by atomic mass is 10.1. The molecular weight excluding hydrogens is 256 g/mol. The van der Waals surface area contributed by atoms with Crippen LogP contribution in [0.1, 0.15) is 18.8 Å². The van der Waals surface area contributed by atoms with Crippen molar-refractivity contribution >= 4 is 0 Å². The molecule has 0 saturated heterocycles. The lowest BCUT2D eigenvalue weighted by molar-refractivity contribution is 0.394. The highest BCUT2D eigenvalue weighted by atomic mass is 16.5. The summed E-state index contributed by atoms with van der Waals surface area (Å²) in [5, 5.41) is 12.0. The highest BCUT2D eigenvalue weighted by molar-refractivity contribution is 5.61. The largest absolute Gasteiger partial charge is 0.497 e. The van der Waals surface area contributed by atoms with Gasteiger partial charge in [0.05, 0.1) is 20.3 Å². The van der Waals surface area contributed by atoms with Crippen molar-refractivity contribution in [1.82, 2.24) is 20.1 Å². The summed E-state index contributed by atoms with van der Waals surface area (Å²) in [6.07, 6.45) is 0. The van der Waals surface area contributed by atoms with Gasteiger partial charge in [0.1, 0.15) is 17.3 Å². The Bertz CT molecular complexity index is 601. The molecule has 0 radical (unpaired) electrons. The zero-order valence-electron chi connectivity index (χ0n) is 11.9. The minimum atomic E-state index is 0.220. The zero-order valence-corrected chi connectivity index (χ0v) is 11.9. The molecule has 0 fully saturated rings. The highest BCUT2D eigenvalue weighted by Crippen LogP contribution is 2.30. The SMILES string of the molecule is COc1cc(OC)cc(-c2nnc3n2CCNC3C)c1. The minimum Gasteiger partial charge on any atom is -0.497 e. The van der Waals surface area contributed by atoms with Crippen molar-refractivity contribution in [3.8, 4) is 22.9 Å². The molecule has 0 spiro atoms. The number of nitrogens with zero attached hydrogens (tertiary/aromatic N) is 3. The first-order valence-corrected chi connectivity index (χ1v) is 6.63. The Balaban J connectivity index is 2.09. The van der Waals surface area contributed by atoms with Gasteiger partial charge in [0.25, 0.3) is 0 Å². The van der Waals surface area contributed by atoms with Crippen LogP contribution in [-0.2, 0) is 6.54 Å². The Morgan fingerprint density at radius 2 is 1.85 bits per heavy atom. The quantitative estimate of drug-likeness (QED) is 0.921. The van der Waals surface area contributed by atoms with E-state index in [1.54, 1.807) is 14.2 Å². The lowest BCUT2D eigenvalue weighted by Gasteiger charge is -2.22. The van der Waals surface area contributed by atoms with Crippen LogP contribution in [0.25, 0.3) is 11.4 Å². The summed E-state index contributed by atoms with van der Waals surface area (Å²) >= 11 is 0. The van der Waals surface area contributed by atoms with Crippen molar-refractivity contribution in [3.63, 3.8) is 0 Å². The van der Waals surface area contributed by atoms with E-state index in [2.05, 4.69) is 27.0 Å². The van der Waals surface area contributed by atoms with E-state index in [4.69, 9.17) is 9.47 Å². The molecule has 3 rings (SSSR count). The predicted molar refractivity (Wildman–Crippen MR) is 75.0 cm³/mol. The van der Waals surface area contributed by atoms with Gasteiger partial charge in [-0.25, -0.2) is 0 Å². The average Bonchev–Trinajstić information content (AvgIpc) is 2.92. The van der Waals surface area contributed by atoms with Crippen molar-refractivity contribution in [3.05, 3.63) is 24.0 Å². The Kier molecular flexibility index (Phi) is 3.31. The van der Waals surface area contributed by atoms with Gasteiger partial charge in [0, 0.05) is 24.7 Å². The molecule has 2 heterocycles. The van der Waals surface area contributed by atoms with E-state index in [1.807, 2.05) is 18.2 Å². The van der Waals surface area contributed by atoms with Crippen molar-refractivity contribution in [1.29, 1.82) is 0 Å². The molecule has 106 valence electrons. The van der Waals surface area contributed by atoms with Crippen LogP contribution in [0.3, 0.4) is 0 Å². The normalized spacial score (nSPS) is 17.6. The minimum absolute atomic E-state index is 0.220. The smallest absolute Gasteiger partial charge is 0.164 e. The van der Waals surface area contributed by atoms with Gasteiger partial charge < -0.3 is 19.4 Å². The van der Waals surface area contributed by atoms with Gasteiger partial charge in [-0.15, -0.1) is 10.2 Å². The van der Waals surface area contributed by atoms with Gasteiger partial charge in [-0.2, -0.15) is 0 Å². The number of fused-ring (bicyclic) bond motifs is 1. The molecule has 0 aliphatic carbocycles.